The number of aromatic nitrogens is 3. The quantitative estimate of drug-likeness (QED) is 0.415. The van der Waals surface area contributed by atoms with Gasteiger partial charge in [0.15, 0.2) is 11.0 Å². The molecule has 0 unspecified atom stereocenters. The number of amides is 1. The molecule has 1 aromatic heterocycles. The number of carbonyl (C=O) groups excluding carboxylic acids is 1. The van der Waals surface area contributed by atoms with E-state index in [1.165, 1.54) is 23.9 Å². The van der Waals surface area contributed by atoms with Crippen molar-refractivity contribution in [2.75, 3.05) is 12.3 Å². The molecule has 0 aliphatic heterocycles. The van der Waals surface area contributed by atoms with E-state index in [2.05, 4.69) is 20.3 Å². The molecule has 0 aliphatic rings. The van der Waals surface area contributed by atoms with Gasteiger partial charge in [0.05, 0.1) is 10.8 Å². The number of hydrogen-bond acceptors (Lipinski definition) is 6. The van der Waals surface area contributed by atoms with Gasteiger partial charge < -0.3 is 19.4 Å². The van der Waals surface area contributed by atoms with Crippen LogP contribution in [0, 0.1) is 0 Å². The maximum absolute atomic E-state index is 12.2. The molecule has 7 nitrogen and oxygen atoms in total. The van der Waals surface area contributed by atoms with Gasteiger partial charge in [0, 0.05) is 13.6 Å². The number of para-hydroxylation sites is 1. The van der Waals surface area contributed by atoms with Crippen LogP contribution in [0.5, 0.6) is 11.5 Å². The molecular weight excluding hydrogens is 462 g/mol. The summed E-state index contributed by atoms with van der Waals surface area (Å²) in [5.74, 6) is 1.29. The molecule has 1 heterocycles. The summed E-state index contributed by atoms with van der Waals surface area (Å²) in [5.41, 5.74) is 0.899. The van der Waals surface area contributed by atoms with Crippen molar-refractivity contribution < 1.29 is 23.0 Å². The number of carbonyl (C=O) groups is 1. The molecule has 0 fully saturated rings. The van der Waals surface area contributed by atoms with E-state index >= 15 is 0 Å². The van der Waals surface area contributed by atoms with E-state index in [1.54, 1.807) is 35.9 Å². The highest BCUT2D eigenvalue weighted by Crippen LogP contribution is 2.24. The summed E-state index contributed by atoms with van der Waals surface area (Å²) in [6.45, 7) is -2.23. The van der Waals surface area contributed by atoms with E-state index in [4.69, 9.17) is 16.3 Å². The predicted octanol–water partition coefficient (Wildman–Crippen LogP) is 4.10. The Bertz CT molecular complexity index is 1030. The van der Waals surface area contributed by atoms with Crippen molar-refractivity contribution >= 4 is 29.3 Å². The summed E-state index contributed by atoms with van der Waals surface area (Å²) in [6.07, 6.45) is 0.568. The molecule has 170 valence electrons. The van der Waals surface area contributed by atoms with E-state index in [1.807, 2.05) is 12.1 Å². The van der Waals surface area contributed by atoms with Crippen LogP contribution < -0.4 is 14.8 Å². The SMILES string of the molecule is Cn1c(COc2ccccc2Cl)nnc1SCC(=O)NCCc1ccc(OC(F)F)cc1. The average Bonchev–Trinajstić information content (AvgIpc) is 3.12. The third-order valence-electron chi connectivity index (χ3n) is 4.34. The third-order valence-corrected chi connectivity index (χ3v) is 5.67. The normalized spacial score (nSPS) is 10.9. The van der Waals surface area contributed by atoms with Gasteiger partial charge in [-0.2, -0.15) is 8.78 Å². The molecule has 1 N–H and O–H groups in total. The van der Waals surface area contributed by atoms with Gasteiger partial charge in [-0.3, -0.25) is 4.79 Å². The minimum Gasteiger partial charge on any atom is -0.484 e. The molecule has 3 aromatic rings. The molecule has 0 aliphatic carbocycles. The second kappa shape index (κ2) is 11.7. The summed E-state index contributed by atoms with van der Waals surface area (Å²) < 4.78 is 36.1. The molecule has 0 radical (unpaired) electrons. The Balaban J connectivity index is 1.40. The topological polar surface area (TPSA) is 78.3 Å². The maximum Gasteiger partial charge on any atom is 0.387 e. The number of halogens is 3. The zero-order valence-corrected chi connectivity index (χ0v) is 18.7. The molecule has 0 atom stereocenters. The maximum atomic E-state index is 12.2. The number of alkyl halides is 2. The first-order valence-corrected chi connectivity index (χ1v) is 11.0. The second-order valence-corrected chi connectivity index (χ2v) is 7.94. The standard InChI is InChI=1S/C21H21ClF2N4O3S/c1-28-18(12-30-17-5-3-2-4-16(17)22)26-27-21(28)32-13-19(29)25-11-10-14-6-8-15(9-7-14)31-20(23)24/h2-9,20H,10-13H2,1H3,(H,25,29). The number of nitrogens with zero attached hydrogens (tertiary/aromatic N) is 3. The summed E-state index contributed by atoms with van der Waals surface area (Å²) in [4.78, 5) is 12.1. The Morgan fingerprint density at radius 1 is 1.19 bits per heavy atom. The Morgan fingerprint density at radius 2 is 1.94 bits per heavy atom. The van der Waals surface area contributed by atoms with E-state index in [9.17, 15) is 13.6 Å². The molecule has 32 heavy (non-hydrogen) atoms. The number of ether oxygens (including phenoxy) is 2. The van der Waals surface area contributed by atoms with Crippen LogP contribution in [0.1, 0.15) is 11.4 Å². The van der Waals surface area contributed by atoms with Gasteiger partial charge in [-0.25, -0.2) is 0 Å². The van der Waals surface area contributed by atoms with Crippen molar-refractivity contribution in [2.45, 2.75) is 24.8 Å². The minimum absolute atomic E-state index is 0.101. The lowest BCUT2D eigenvalue weighted by Crippen LogP contribution is -2.27. The molecular formula is C21H21ClF2N4O3S. The zero-order chi connectivity index (χ0) is 22.9. The van der Waals surface area contributed by atoms with E-state index < -0.39 is 6.61 Å². The fraction of sp³-hybridized carbons (Fsp3) is 0.286. The number of benzene rings is 2. The number of hydrogen-bond donors (Lipinski definition) is 1. The van der Waals surface area contributed by atoms with Gasteiger partial charge in [-0.1, -0.05) is 47.6 Å². The van der Waals surface area contributed by atoms with Gasteiger partial charge in [0.1, 0.15) is 18.1 Å². The van der Waals surface area contributed by atoms with Crippen LogP contribution in [0.3, 0.4) is 0 Å². The van der Waals surface area contributed by atoms with Gasteiger partial charge >= 0.3 is 6.61 Å². The van der Waals surface area contributed by atoms with Crippen molar-refractivity contribution in [3.63, 3.8) is 0 Å². The van der Waals surface area contributed by atoms with Crippen molar-refractivity contribution in [1.29, 1.82) is 0 Å². The fourth-order valence-corrected chi connectivity index (χ4v) is 3.62. The first kappa shape index (κ1) is 23.8. The highest BCUT2D eigenvalue weighted by atomic mass is 35.5. The minimum atomic E-state index is -2.85. The van der Waals surface area contributed by atoms with Crippen LogP contribution in [-0.2, 0) is 24.9 Å². The van der Waals surface area contributed by atoms with E-state index in [0.717, 1.165) is 5.56 Å². The number of rotatable bonds is 11. The lowest BCUT2D eigenvalue weighted by atomic mass is 10.1. The molecule has 2 aromatic carbocycles. The third kappa shape index (κ3) is 7.10. The van der Waals surface area contributed by atoms with Gasteiger partial charge in [-0.05, 0) is 36.2 Å². The molecule has 3 rings (SSSR count). The fourth-order valence-electron chi connectivity index (χ4n) is 2.67. The van der Waals surface area contributed by atoms with Crippen LogP contribution in [-0.4, -0.2) is 39.6 Å². The molecule has 0 spiro atoms. The van der Waals surface area contributed by atoms with Crippen molar-refractivity contribution in [1.82, 2.24) is 20.1 Å². The van der Waals surface area contributed by atoms with Gasteiger partial charge in [0.2, 0.25) is 5.91 Å². The van der Waals surface area contributed by atoms with Crippen LogP contribution in [0.2, 0.25) is 5.02 Å². The van der Waals surface area contributed by atoms with Gasteiger partial charge in [-0.15, -0.1) is 10.2 Å². The first-order chi connectivity index (χ1) is 15.4. The lowest BCUT2D eigenvalue weighted by molar-refractivity contribution is -0.118. The van der Waals surface area contributed by atoms with Crippen molar-refractivity contribution in [2.24, 2.45) is 7.05 Å². The molecule has 0 saturated heterocycles. The Kier molecular flexibility index (Phi) is 8.69. The predicted molar refractivity (Wildman–Crippen MR) is 117 cm³/mol. The highest BCUT2D eigenvalue weighted by Gasteiger charge is 2.12. The number of thioether (sulfide) groups is 1. The zero-order valence-electron chi connectivity index (χ0n) is 17.1. The van der Waals surface area contributed by atoms with Crippen LogP contribution in [0.15, 0.2) is 53.7 Å². The van der Waals surface area contributed by atoms with Crippen LogP contribution >= 0.6 is 23.4 Å². The average molecular weight is 483 g/mol. The summed E-state index contributed by atoms with van der Waals surface area (Å²) in [7, 11) is 1.80. The lowest BCUT2D eigenvalue weighted by Gasteiger charge is -2.08. The second-order valence-electron chi connectivity index (χ2n) is 6.59. The Hall–Kier alpha value is -2.85. The molecule has 1 amide bonds. The van der Waals surface area contributed by atoms with Crippen molar-refractivity contribution in [3.8, 4) is 11.5 Å². The van der Waals surface area contributed by atoms with Crippen LogP contribution in [0.25, 0.3) is 0 Å². The molecule has 0 saturated carbocycles. The van der Waals surface area contributed by atoms with Crippen molar-refractivity contribution in [3.05, 3.63) is 64.9 Å². The smallest absolute Gasteiger partial charge is 0.387 e. The summed E-state index contributed by atoms with van der Waals surface area (Å²) in [5, 5.41) is 12.1. The first-order valence-electron chi connectivity index (χ1n) is 9.61. The Morgan fingerprint density at radius 3 is 2.66 bits per heavy atom. The largest absolute Gasteiger partial charge is 0.484 e. The number of nitrogens with one attached hydrogen (secondary N) is 1. The molecule has 0 bridgehead atoms. The van der Waals surface area contributed by atoms with E-state index in [0.29, 0.717) is 34.7 Å². The Labute approximate surface area is 193 Å². The summed E-state index contributed by atoms with van der Waals surface area (Å²) >= 11 is 7.34. The van der Waals surface area contributed by atoms with Crippen LogP contribution in [0.4, 0.5) is 8.78 Å². The highest BCUT2D eigenvalue weighted by molar-refractivity contribution is 7.99. The summed E-state index contributed by atoms with van der Waals surface area (Å²) in [6, 6.07) is 13.5. The monoisotopic (exact) mass is 482 g/mol. The van der Waals surface area contributed by atoms with Gasteiger partial charge in [0.25, 0.3) is 0 Å². The molecule has 11 heteroatoms. The van der Waals surface area contributed by atoms with E-state index in [-0.39, 0.29) is 24.0 Å².